The van der Waals surface area contributed by atoms with Gasteiger partial charge in [0.2, 0.25) is 0 Å². The van der Waals surface area contributed by atoms with Crippen molar-refractivity contribution in [2.24, 2.45) is 0 Å². The topological polar surface area (TPSA) is 39.9 Å². The van der Waals surface area contributed by atoms with Gasteiger partial charge in [-0.2, -0.15) is 5.26 Å². The van der Waals surface area contributed by atoms with E-state index in [1.165, 1.54) is 11.3 Å². The van der Waals surface area contributed by atoms with E-state index in [2.05, 4.69) is 36.7 Å². The molecule has 0 amide bonds. The third-order valence-corrected chi connectivity index (χ3v) is 3.28. The van der Waals surface area contributed by atoms with Crippen LogP contribution in [0, 0.1) is 11.3 Å². The SMILES string of the molecule is CN(C)CCc1nc(C(C)(C)C)c(C#N)s1. The fourth-order valence-corrected chi connectivity index (χ4v) is 2.43. The first-order valence-electron chi connectivity index (χ1n) is 5.39. The van der Waals surface area contributed by atoms with Gasteiger partial charge >= 0.3 is 0 Å². The van der Waals surface area contributed by atoms with Crippen molar-refractivity contribution < 1.29 is 0 Å². The number of aromatic nitrogens is 1. The average molecular weight is 237 g/mol. The Labute approximate surface area is 102 Å². The molecule has 16 heavy (non-hydrogen) atoms. The number of nitrogens with zero attached hydrogens (tertiary/aromatic N) is 3. The lowest BCUT2D eigenvalue weighted by Crippen LogP contribution is -2.16. The molecule has 0 unspecified atom stereocenters. The first-order chi connectivity index (χ1) is 7.34. The highest BCUT2D eigenvalue weighted by Crippen LogP contribution is 2.29. The van der Waals surface area contributed by atoms with Crippen molar-refractivity contribution in [2.45, 2.75) is 32.6 Å². The van der Waals surface area contributed by atoms with Crippen LogP contribution < -0.4 is 0 Å². The molecule has 0 aliphatic rings. The van der Waals surface area contributed by atoms with Gasteiger partial charge in [-0.05, 0) is 14.1 Å². The number of hydrogen-bond donors (Lipinski definition) is 0. The second kappa shape index (κ2) is 4.94. The highest BCUT2D eigenvalue weighted by molar-refractivity contribution is 7.12. The molecule has 1 aromatic rings. The van der Waals surface area contributed by atoms with Crippen LogP contribution in [0.5, 0.6) is 0 Å². The van der Waals surface area contributed by atoms with Crippen LogP contribution in [-0.2, 0) is 11.8 Å². The van der Waals surface area contributed by atoms with Crippen molar-refractivity contribution in [2.75, 3.05) is 20.6 Å². The van der Waals surface area contributed by atoms with Gasteiger partial charge in [0.1, 0.15) is 10.9 Å². The van der Waals surface area contributed by atoms with E-state index in [1.54, 1.807) is 0 Å². The summed E-state index contributed by atoms with van der Waals surface area (Å²) in [5.41, 5.74) is 0.895. The number of hydrogen-bond acceptors (Lipinski definition) is 4. The summed E-state index contributed by atoms with van der Waals surface area (Å²) in [4.78, 5) is 7.49. The Hall–Kier alpha value is -0.920. The van der Waals surface area contributed by atoms with Crippen LogP contribution in [0.1, 0.15) is 36.3 Å². The lowest BCUT2D eigenvalue weighted by atomic mass is 9.91. The molecule has 1 rings (SSSR count). The molecule has 0 radical (unpaired) electrons. The van der Waals surface area contributed by atoms with Gasteiger partial charge in [-0.1, -0.05) is 20.8 Å². The highest BCUT2D eigenvalue weighted by atomic mass is 32.1. The molecule has 0 aliphatic carbocycles. The van der Waals surface area contributed by atoms with Crippen molar-refractivity contribution in [3.8, 4) is 6.07 Å². The van der Waals surface area contributed by atoms with E-state index in [0.29, 0.717) is 0 Å². The maximum absolute atomic E-state index is 9.08. The lowest BCUT2D eigenvalue weighted by Gasteiger charge is -2.15. The maximum atomic E-state index is 9.08. The largest absolute Gasteiger partial charge is 0.309 e. The summed E-state index contributed by atoms with van der Waals surface area (Å²) in [6.07, 6.45) is 0.919. The zero-order valence-corrected chi connectivity index (χ0v) is 11.5. The summed E-state index contributed by atoms with van der Waals surface area (Å²) in [5, 5.41) is 10.1. The van der Waals surface area contributed by atoms with Gasteiger partial charge in [-0.3, -0.25) is 0 Å². The summed E-state index contributed by atoms with van der Waals surface area (Å²) in [6.45, 7) is 7.26. The van der Waals surface area contributed by atoms with Crippen LogP contribution in [0.25, 0.3) is 0 Å². The van der Waals surface area contributed by atoms with Gasteiger partial charge in [0.05, 0.1) is 10.7 Å². The zero-order valence-electron chi connectivity index (χ0n) is 10.7. The Kier molecular flexibility index (Phi) is 4.06. The van der Waals surface area contributed by atoms with Gasteiger partial charge in [-0.25, -0.2) is 4.98 Å². The summed E-state index contributed by atoms with van der Waals surface area (Å²) < 4.78 is 0. The first-order valence-corrected chi connectivity index (χ1v) is 6.21. The molecule has 1 aromatic heterocycles. The lowest BCUT2D eigenvalue weighted by molar-refractivity contribution is 0.413. The molecule has 4 heteroatoms. The number of rotatable bonds is 3. The molecule has 88 valence electrons. The minimum atomic E-state index is -0.0437. The summed E-state index contributed by atoms with van der Waals surface area (Å²) in [7, 11) is 4.09. The van der Waals surface area contributed by atoms with Gasteiger partial charge in [-0.15, -0.1) is 11.3 Å². The Morgan fingerprint density at radius 2 is 2.00 bits per heavy atom. The Morgan fingerprint density at radius 3 is 2.38 bits per heavy atom. The monoisotopic (exact) mass is 237 g/mol. The fraction of sp³-hybridized carbons (Fsp3) is 0.667. The van der Waals surface area contributed by atoms with E-state index >= 15 is 0 Å². The number of thiazole rings is 1. The molecule has 3 nitrogen and oxygen atoms in total. The van der Waals surface area contributed by atoms with Crippen molar-refractivity contribution in [1.29, 1.82) is 5.26 Å². The molecule has 0 bridgehead atoms. The van der Waals surface area contributed by atoms with Gasteiger partial charge in [0.25, 0.3) is 0 Å². The molecule has 0 saturated heterocycles. The molecule has 0 spiro atoms. The van der Waals surface area contributed by atoms with Crippen LogP contribution in [0.2, 0.25) is 0 Å². The molecule has 0 aromatic carbocycles. The van der Waals surface area contributed by atoms with E-state index in [1.807, 2.05) is 14.1 Å². The molecule has 0 saturated carbocycles. The number of nitriles is 1. The zero-order chi connectivity index (χ0) is 12.3. The third kappa shape index (κ3) is 3.29. The Balaban J connectivity index is 2.92. The fourth-order valence-electron chi connectivity index (χ4n) is 1.37. The first kappa shape index (κ1) is 13.1. The Bertz CT molecular complexity index is 393. The summed E-state index contributed by atoms with van der Waals surface area (Å²) in [6, 6.07) is 2.25. The van der Waals surface area contributed by atoms with Gasteiger partial charge < -0.3 is 4.90 Å². The second-order valence-corrected chi connectivity index (χ2v) is 6.28. The predicted octanol–water partition coefficient (Wildman–Crippen LogP) is 2.42. The van der Waals surface area contributed by atoms with E-state index in [-0.39, 0.29) is 5.41 Å². The molecule has 0 N–H and O–H groups in total. The van der Waals surface area contributed by atoms with Crippen molar-refractivity contribution in [3.63, 3.8) is 0 Å². The van der Waals surface area contributed by atoms with E-state index in [9.17, 15) is 0 Å². The quantitative estimate of drug-likeness (QED) is 0.810. The minimum absolute atomic E-state index is 0.0437. The smallest absolute Gasteiger partial charge is 0.128 e. The standard InChI is InChI=1S/C12H19N3S/c1-12(2,3)11-9(8-13)16-10(14-11)6-7-15(4)5/h6-7H2,1-5H3. The minimum Gasteiger partial charge on any atom is -0.309 e. The highest BCUT2D eigenvalue weighted by Gasteiger charge is 2.23. The third-order valence-electron chi connectivity index (χ3n) is 2.26. The molecule has 0 atom stereocenters. The van der Waals surface area contributed by atoms with Crippen LogP contribution in [0.4, 0.5) is 0 Å². The van der Waals surface area contributed by atoms with Crippen LogP contribution >= 0.6 is 11.3 Å². The molecular formula is C12H19N3S. The summed E-state index contributed by atoms with van der Waals surface area (Å²) >= 11 is 1.53. The van der Waals surface area contributed by atoms with E-state index in [0.717, 1.165) is 28.5 Å². The van der Waals surface area contributed by atoms with Crippen molar-refractivity contribution >= 4 is 11.3 Å². The predicted molar refractivity (Wildman–Crippen MR) is 67.8 cm³/mol. The maximum Gasteiger partial charge on any atom is 0.128 e. The molecular weight excluding hydrogens is 218 g/mol. The van der Waals surface area contributed by atoms with Crippen LogP contribution in [-0.4, -0.2) is 30.5 Å². The normalized spacial score (nSPS) is 11.8. The van der Waals surface area contributed by atoms with Crippen molar-refractivity contribution in [3.05, 3.63) is 15.6 Å². The molecule has 1 heterocycles. The average Bonchev–Trinajstić information content (AvgIpc) is 2.57. The van der Waals surface area contributed by atoms with Crippen LogP contribution in [0.15, 0.2) is 0 Å². The molecule has 0 aliphatic heterocycles. The number of likely N-dealkylation sites (N-methyl/N-ethyl adjacent to an activating group) is 1. The van der Waals surface area contributed by atoms with Crippen LogP contribution in [0.3, 0.4) is 0 Å². The van der Waals surface area contributed by atoms with Crippen molar-refractivity contribution in [1.82, 2.24) is 9.88 Å². The second-order valence-electron chi connectivity index (χ2n) is 5.20. The summed E-state index contributed by atoms with van der Waals surface area (Å²) in [5.74, 6) is 0. The Morgan fingerprint density at radius 1 is 1.38 bits per heavy atom. The van der Waals surface area contributed by atoms with Gasteiger partial charge in [0.15, 0.2) is 0 Å². The van der Waals surface area contributed by atoms with E-state index < -0.39 is 0 Å². The van der Waals surface area contributed by atoms with Gasteiger partial charge in [0, 0.05) is 18.4 Å². The molecule has 0 fully saturated rings. The van der Waals surface area contributed by atoms with E-state index in [4.69, 9.17) is 5.26 Å².